The van der Waals surface area contributed by atoms with E-state index >= 15 is 0 Å². The lowest BCUT2D eigenvalue weighted by Gasteiger charge is -2.38. The van der Waals surface area contributed by atoms with Gasteiger partial charge in [0.1, 0.15) is 5.78 Å². The lowest BCUT2D eigenvalue weighted by atomic mass is 9.63. The molecular formula is C15H24O5. The van der Waals surface area contributed by atoms with Gasteiger partial charge in [-0.2, -0.15) is 0 Å². The first-order chi connectivity index (χ1) is 9.35. The van der Waals surface area contributed by atoms with E-state index in [1.165, 1.54) is 6.92 Å². The predicted octanol–water partition coefficient (Wildman–Crippen LogP) is 2.73. The number of carbonyl (C=O) groups is 3. The molecule has 2 N–H and O–H groups in total. The molecule has 0 aromatic heterocycles. The second-order valence-corrected chi connectivity index (χ2v) is 5.88. The molecule has 1 fully saturated rings. The smallest absolute Gasteiger partial charge is 0.321 e. The zero-order chi connectivity index (χ0) is 15.3. The molecule has 0 radical (unpaired) electrons. The van der Waals surface area contributed by atoms with Gasteiger partial charge in [0.05, 0.1) is 0 Å². The third-order valence-corrected chi connectivity index (χ3v) is 4.59. The van der Waals surface area contributed by atoms with E-state index < -0.39 is 29.2 Å². The van der Waals surface area contributed by atoms with Crippen molar-refractivity contribution in [2.45, 2.75) is 58.8 Å². The molecule has 0 saturated heterocycles. The van der Waals surface area contributed by atoms with Crippen molar-refractivity contribution in [1.82, 2.24) is 0 Å². The summed E-state index contributed by atoms with van der Waals surface area (Å²) in [4.78, 5) is 35.0. The molecule has 1 rings (SSSR count). The first-order valence-corrected chi connectivity index (χ1v) is 7.35. The lowest BCUT2D eigenvalue weighted by molar-refractivity contribution is -0.171. The van der Waals surface area contributed by atoms with Crippen molar-refractivity contribution in [3.63, 3.8) is 0 Å². The molecule has 1 aliphatic rings. The van der Waals surface area contributed by atoms with Crippen LogP contribution in [0.3, 0.4) is 0 Å². The molecule has 1 saturated carbocycles. The Hall–Kier alpha value is -1.39. The Morgan fingerprint density at radius 2 is 1.85 bits per heavy atom. The monoisotopic (exact) mass is 284 g/mol. The van der Waals surface area contributed by atoms with Gasteiger partial charge >= 0.3 is 11.9 Å². The number of carboxylic acids is 2. The number of hydrogen-bond donors (Lipinski definition) is 2. The summed E-state index contributed by atoms with van der Waals surface area (Å²) < 4.78 is 0. The zero-order valence-corrected chi connectivity index (χ0v) is 12.2. The van der Waals surface area contributed by atoms with Crippen LogP contribution in [-0.4, -0.2) is 27.9 Å². The van der Waals surface area contributed by atoms with Crippen LogP contribution < -0.4 is 0 Å². The van der Waals surface area contributed by atoms with E-state index in [0.717, 1.165) is 19.3 Å². The minimum atomic E-state index is -1.87. The van der Waals surface area contributed by atoms with Crippen LogP contribution in [0.25, 0.3) is 0 Å². The second kappa shape index (κ2) is 6.86. The Balaban J connectivity index is 2.99. The van der Waals surface area contributed by atoms with Gasteiger partial charge in [-0.05, 0) is 32.1 Å². The maximum Gasteiger partial charge on any atom is 0.321 e. The van der Waals surface area contributed by atoms with Gasteiger partial charge in [-0.1, -0.05) is 26.2 Å². The Kier molecular flexibility index (Phi) is 5.72. The van der Waals surface area contributed by atoms with Crippen LogP contribution in [0, 0.1) is 17.3 Å². The number of hydrogen-bond acceptors (Lipinski definition) is 3. The summed E-state index contributed by atoms with van der Waals surface area (Å²) in [5.41, 5.74) is -1.87. The number of unbranched alkanes of at least 4 members (excludes halogenated alkanes) is 2. The van der Waals surface area contributed by atoms with Crippen molar-refractivity contribution in [2.75, 3.05) is 0 Å². The molecule has 0 aromatic rings. The van der Waals surface area contributed by atoms with E-state index in [0.29, 0.717) is 25.7 Å². The maximum absolute atomic E-state index is 12.1. The van der Waals surface area contributed by atoms with Gasteiger partial charge < -0.3 is 10.2 Å². The molecule has 0 spiro atoms. The van der Waals surface area contributed by atoms with Crippen molar-refractivity contribution in [3.8, 4) is 0 Å². The zero-order valence-electron chi connectivity index (χ0n) is 12.2. The standard InChI is InChI=1S/C15H24O5/c1-3-4-5-7-10-11(8-6-9-12(10)16)15(2,13(17)18)14(19)20/h10-11H,3-9H2,1-2H3,(H,17,18)(H,19,20). The molecule has 0 bridgehead atoms. The van der Waals surface area contributed by atoms with Crippen LogP contribution in [-0.2, 0) is 14.4 Å². The van der Waals surface area contributed by atoms with Gasteiger partial charge in [0.15, 0.2) is 5.41 Å². The number of carbonyl (C=O) groups excluding carboxylic acids is 1. The number of Topliss-reactive ketones (excluding diaryl/α,β-unsaturated/α-hetero) is 1. The fourth-order valence-electron chi connectivity index (χ4n) is 3.18. The first-order valence-electron chi connectivity index (χ1n) is 7.35. The van der Waals surface area contributed by atoms with Gasteiger partial charge in [0.2, 0.25) is 0 Å². The SMILES string of the molecule is CCCCCC1C(=O)CCCC1C(C)(C(=O)O)C(=O)O. The average molecular weight is 284 g/mol. The van der Waals surface area contributed by atoms with Gasteiger partial charge in [-0.25, -0.2) is 0 Å². The van der Waals surface area contributed by atoms with Crippen LogP contribution in [0.2, 0.25) is 0 Å². The quantitative estimate of drug-likeness (QED) is 0.554. The highest BCUT2D eigenvalue weighted by molar-refractivity contribution is 5.99. The normalized spacial score (nSPS) is 23.6. The minimum absolute atomic E-state index is 0.0334. The fourth-order valence-corrected chi connectivity index (χ4v) is 3.18. The Labute approximate surface area is 119 Å². The van der Waals surface area contributed by atoms with E-state index in [1.807, 2.05) is 0 Å². The molecule has 5 heteroatoms. The second-order valence-electron chi connectivity index (χ2n) is 5.88. The summed E-state index contributed by atoms with van der Waals surface area (Å²) >= 11 is 0. The van der Waals surface area contributed by atoms with E-state index in [-0.39, 0.29) is 5.78 Å². The van der Waals surface area contributed by atoms with E-state index in [4.69, 9.17) is 0 Å². The molecule has 2 atom stereocenters. The fraction of sp³-hybridized carbons (Fsp3) is 0.800. The Morgan fingerprint density at radius 3 is 2.35 bits per heavy atom. The Morgan fingerprint density at radius 1 is 1.25 bits per heavy atom. The first kappa shape index (κ1) is 16.7. The predicted molar refractivity (Wildman–Crippen MR) is 73.4 cm³/mol. The highest BCUT2D eigenvalue weighted by Crippen LogP contribution is 2.43. The van der Waals surface area contributed by atoms with Crippen molar-refractivity contribution >= 4 is 17.7 Å². The third kappa shape index (κ3) is 3.19. The van der Waals surface area contributed by atoms with Crippen molar-refractivity contribution in [1.29, 1.82) is 0 Å². The summed E-state index contributed by atoms with van der Waals surface area (Å²) in [7, 11) is 0. The third-order valence-electron chi connectivity index (χ3n) is 4.59. The van der Waals surface area contributed by atoms with Gasteiger partial charge in [0, 0.05) is 12.3 Å². The van der Waals surface area contributed by atoms with Crippen molar-refractivity contribution < 1.29 is 24.6 Å². The topological polar surface area (TPSA) is 91.7 Å². The highest BCUT2D eigenvalue weighted by atomic mass is 16.4. The summed E-state index contributed by atoms with van der Waals surface area (Å²) in [6, 6.07) is 0. The molecule has 20 heavy (non-hydrogen) atoms. The van der Waals surface area contributed by atoms with Crippen LogP contribution >= 0.6 is 0 Å². The van der Waals surface area contributed by atoms with Gasteiger partial charge in [0.25, 0.3) is 0 Å². The summed E-state index contributed by atoms with van der Waals surface area (Å²) in [6.07, 6.45) is 4.98. The number of rotatable bonds is 7. The maximum atomic E-state index is 12.1. The molecular weight excluding hydrogens is 260 g/mol. The van der Waals surface area contributed by atoms with E-state index in [2.05, 4.69) is 6.92 Å². The Bertz CT molecular complexity index is 374. The molecule has 2 unspecified atom stereocenters. The average Bonchev–Trinajstić information content (AvgIpc) is 2.39. The molecule has 114 valence electrons. The van der Waals surface area contributed by atoms with Gasteiger partial charge in [-0.3, -0.25) is 14.4 Å². The molecule has 1 aliphatic carbocycles. The summed E-state index contributed by atoms with van der Waals surface area (Å²) in [6.45, 7) is 3.30. The number of aliphatic carboxylic acids is 2. The largest absolute Gasteiger partial charge is 0.480 e. The lowest BCUT2D eigenvalue weighted by Crippen LogP contribution is -2.49. The van der Waals surface area contributed by atoms with Gasteiger partial charge in [-0.15, -0.1) is 0 Å². The van der Waals surface area contributed by atoms with E-state index in [9.17, 15) is 24.6 Å². The van der Waals surface area contributed by atoms with Crippen molar-refractivity contribution in [3.05, 3.63) is 0 Å². The van der Waals surface area contributed by atoms with Crippen LogP contribution in [0.4, 0.5) is 0 Å². The van der Waals surface area contributed by atoms with Crippen LogP contribution in [0.1, 0.15) is 58.8 Å². The molecule has 0 aromatic carbocycles. The van der Waals surface area contributed by atoms with Crippen LogP contribution in [0.5, 0.6) is 0 Å². The summed E-state index contributed by atoms with van der Waals surface area (Å²) in [5, 5.41) is 18.7. The summed E-state index contributed by atoms with van der Waals surface area (Å²) in [5.74, 6) is -3.68. The van der Waals surface area contributed by atoms with E-state index in [1.54, 1.807) is 0 Å². The number of carboxylic acid groups (broad SMARTS) is 2. The molecule has 0 amide bonds. The van der Waals surface area contributed by atoms with Crippen LogP contribution in [0.15, 0.2) is 0 Å². The number of ketones is 1. The minimum Gasteiger partial charge on any atom is -0.480 e. The highest BCUT2D eigenvalue weighted by Gasteiger charge is 2.53. The molecule has 0 aliphatic heterocycles. The molecule has 5 nitrogen and oxygen atoms in total. The molecule has 0 heterocycles. The van der Waals surface area contributed by atoms with Crippen molar-refractivity contribution in [2.24, 2.45) is 17.3 Å².